The Labute approximate surface area is 139 Å². The van der Waals surface area contributed by atoms with E-state index in [0.29, 0.717) is 12.1 Å². The maximum atomic E-state index is 12.9. The molecule has 8 heteroatoms. The Bertz CT molecular complexity index is 692. The normalized spacial score (nSPS) is 14.4. The van der Waals surface area contributed by atoms with E-state index in [9.17, 15) is 36.6 Å². The second-order valence-corrected chi connectivity index (χ2v) is 5.60. The quantitative estimate of drug-likeness (QED) is 0.796. The summed E-state index contributed by atoms with van der Waals surface area (Å²) in [5.41, 5.74) is -5.34. The number of aliphatic hydroxyl groups excluding tert-OH is 1. The Hall–Kier alpha value is -2.06. The fraction of sp³-hybridized carbons (Fsp3) is 0.294. The van der Waals surface area contributed by atoms with E-state index >= 15 is 0 Å². The lowest BCUT2D eigenvalue weighted by molar-refractivity contribution is -0.138. The second-order valence-electron chi connectivity index (χ2n) is 5.60. The van der Waals surface area contributed by atoms with Crippen LogP contribution in [-0.4, -0.2) is 16.3 Å². The molecule has 0 aliphatic rings. The van der Waals surface area contributed by atoms with Gasteiger partial charge < -0.3 is 10.2 Å². The van der Waals surface area contributed by atoms with Gasteiger partial charge in [0.15, 0.2) is 0 Å². The minimum atomic E-state index is -4.70. The van der Waals surface area contributed by atoms with Gasteiger partial charge in [0.2, 0.25) is 0 Å². The van der Waals surface area contributed by atoms with Crippen molar-refractivity contribution in [3.63, 3.8) is 0 Å². The smallest absolute Gasteiger partial charge is 0.390 e. The average molecular weight is 364 g/mol. The van der Waals surface area contributed by atoms with Crippen LogP contribution in [0.4, 0.5) is 26.3 Å². The molecule has 0 aliphatic carbocycles. The molecule has 0 fully saturated rings. The Balaban J connectivity index is 2.65. The molecule has 0 saturated heterocycles. The largest absolute Gasteiger partial charge is 0.416 e. The molecule has 0 heterocycles. The highest BCUT2D eigenvalue weighted by atomic mass is 19.4. The summed E-state index contributed by atoms with van der Waals surface area (Å²) < 4.78 is 77.3. The first-order valence-corrected chi connectivity index (χ1v) is 7.12. The number of hydrogen-bond donors (Lipinski definition) is 2. The van der Waals surface area contributed by atoms with Crippen molar-refractivity contribution in [1.29, 1.82) is 0 Å². The van der Waals surface area contributed by atoms with E-state index in [4.69, 9.17) is 0 Å². The Kier molecular flexibility index (Phi) is 4.89. The lowest BCUT2D eigenvalue weighted by Gasteiger charge is -2.33. The van der Waals surface area contributed by atoms with E-state index < -0.39 is 35.2 Å². The van der Waals surface area contributed by atoms with E-state index in [0.717, 1.165) is 43.3 Å². The highest BCUT2D eigenvalue weighted by Crippen LogP contribution is 2.39. The van der Waals surface area contributed by atoms with Gasteiger partial charge in [0.1, 0.15) is 5.60 Å². The molecule has 0 radical (unpaired) electrons. The molecule has 0 bridgehead atoms. The fourth-order valence-corrected chi connectivity index (χ4v) is 2.51. The summed E-state index contributed by atoms with van der Waals surface area (Å²) >= 11 is 0. The predicted octanol–water partition coefficient (Wildman–Crippen LogP) is 4.34. The first-order chi connectivity index (χ1) is 11.4. The van der Waals surface area contributed by atoms with Crippen molar-refractivity contribution in [3.05, 3.63) is 70.8 Å². The van der Waals surface area contributed by atoms with Crippen molar-refractivity contribution in [2.75, 3.05) is 0 Å². The van der Waals surface area contributed by atoms with Crippen molar-refractivity contribution in [2.45, 2.75) is 31.0 Å². The van der Waals surface area contributed by atoms with E-state index in [1.165, 1.54) is 0 Å². The summed E-state index contributed by atoms with van der Waals surface area (Å²) in [5, 5.41) is 20.8. The van der Waals surface area contributed by atoms with Crippen LogP contribution in [0, 0.1) is 0 Å². The van der Waals surface area contributed by atoms with Gasteiger partial charge in [0.25, 0.3) is 0 Å². The van der Waals surface area contributed by atoms with Crippen molar-refractivity contribution in [1.82, 2.24) is 0 Å². The first-order valence-electron chi connectivity index (χ1n) is 7.12. The van der Waals surface area contributed by atoms with Gasteiger partial charge in [-0.1, -0.05) is 24.3 Å². The van der Waals surface area contributed by atoms with Gasteiger partial charge in [-0.25, -0.2) is 0 Å². The number of halogens is 6. The average Bonchev–Trinajstić information content (AvgIpc) is 2.52. The van der Waals surface area contributed by atoms with Crippen LogP contribution >= 0.6 is 0 Å². The van der Waals surface area contributed by atoms with Gasteiger partial charge in [-0.05, 0) is 42.3 Å². The van der Waals surface area contributed by atoms with Crippen molar-refractivity contribution in [2.24, 2.45) is 0 Å². The molecule has 25 heavy (non-hydrogen) atoms. The van der Waals surface area contributed by atoms with Crippen molar-refractivity contribution in [3.8, 4) is 0 Å². The molecule has 2 N–H and O–H groups in total. The molecule has 1 atom stereocenters. The molecule has 0 saturated carbocycles. The van der Waals surface area contributed by atoms with Crippen molar-refractivity contribution < 1.29 is 36.6 Å². The molecular weight excluding hydrogens is 350 g/mol. The van der Waals surface area contributed by atoms with Gasteiger partial charge in [0, 0.05) is 0 Å². The zero-order valence-electron chi connectivity index (χ0n) is 12.9. The monoisotopic (exact) mass is 364 g/mol. The molecule has 136 valence electrons. The molecular formula is C17H14F6O2. The van der Waals surface area contributed by atoms with Gasteiger partial charge in [-0.2, -0.15) is 26.3 Å². The maximum absolute atomic E-state index is 12.9. The molecule has 2 aromatic rings. The number of alkyl halides is 6. The molecule has 2 rings (SSSR count). The van der Waals surface area contributed by atoms with E-state index in [1.807, 2.05) is 0 Å². The van der Waals surface area contributed by atoms with E-state index in [-0.39, 0.29) is 11.1 Å². The number of rotatable bonds is 3. The Morgan fingerprint density at radius 1 is 0.720 bits per heavy atom. The van der Waals surface area contributed by atoms with Crippen LogP contribution in [0.1, 0.15) is 29.2 Å². The SMILES string of the molecule is C[C@H](O)C(O)(c1cccc(C(F)(F)F)c1)c1cccc(C(F)(F)F)c1. The molecule has 0 aliphatic heterocycles. The van der Waals surface area contributed by atoms with Crippen LogP contribution in [-0.2, 0) is 18.0 Å². The van der Waals surface area contributed by atoms with Gasteiger partial charge in [0.05, 0.1) is 17.2 Å². The maximum Gasteiger partial charge on any atom is 0.416 e. The predicted molar refractivity (Wildman–Crippen MR) is 77.6 cm³/mol. The summed E-state index contributed by atoms with van der Waals surface area (Å²) in [4.78, 5) is 0. The number of hydrogen-bond acceptors (Lipinski definition) is 2. The van der Waals surface area contributed by atoms with Crippen LogP contribution < -0.4 is 0 Å². The fourth-order valence-electron chi connectivity index (χ4n) is 2.51. The summed E-state index contributed by atoms with van der Waals surface area (Å²) in [6.45, 7) is 1.08. The molecule has 0 aromatic heterocycles. The zero-order chi connectivity index (χ0) is 19.0. The van der Waals surface area contributed by atoms with Crippen LogP contribution in [0.25, 0.3) is 0 Å². The highest BCUT2D eigenvalue weighted by molar-refractivity contribution is 5.41. The minimum Gasteiger partial charge on any atom is -0.390 e. The molecule has 0 spiro atoms. The van der Waals surface area contributed by atoms with E-state index in [2.05, 4.69) is 0 Å². The third-order valence-corrected chi connectivity index (χ3v) is 3.86. The third kappa shape index (κ3) is 3.80. The van der Waals surface area contributed by atoms with Crippen LogP contribution in [0.5, 0.6) is 0 Å². The van der Waals surface area contributed by atoms with Crippen molar-refractivity contribution >= 4 is 0 Å². The minimum absolute atomic E-state index is 0.364. The lowest BCUT2D eigenvalue weighted by atomic mass is 9.81. The van der Waals surface area contributed by atoms with Crippen LogP contribution in [0.2, 0.25) is 0 Å². The van der Waals surface area contributed by atoms with Crippen LogP contribution in [0.15, 0.2) is 48.5 Å². The van der Waals surface area contributed by atoms with Crippen LogP contribution in [0.3, 0.4) is 0 Å². The molecule has 0 amide bonds. The van der Waals surface area contributed by atoms with E-state index in [1.54, 1.807) is 0 Å². The highest BCUT2D eigenvalue weighted by Gasteiger charge is 2.41. The molecule has 0 unspecified atom stereocenters. The first kappa shape index (κ1) is 19.3. The lowest BCUT2D eigenvalue weighted by Crippen LogP contribution is -2.39. The molecule has 2 nitrogen and oxygen atoms in total. The third-order valence-electron chi connectivity index (χ3n) is 3.86. The van der Waals surface area contributed by atoms with Gasteiger partial charge >= 0.3 is 12.4 Å². The van der Waals surface area contributed by atoms with Gasteiger partial charge in [-0.3, -0.25) is 0 Å². The number of aliphatic hydroxyl groups is 2. The zero-order valence-corrected chi connectivity index (χ0v) is 12.9. The topological polar surface area (TPSA) is 40.5 Å². The second kappa shape index (κ2) is 6.34. The standard InChI is InChI=1S/C17H14F6O2/c1-10(24)15(25,11-4-2-6-13(8-11)16(18,19)20)12-5-3-7-14(9-12)17(21,22)23/h2-10,24-25H,1H3/t10-/m0/s1. The Morgan fingerprint density at radius 3 is 1.32 bits per heavy atom. The number of benzene rings is 2. The van der Waals surface area contributed by atoms with Gasteiger partial charge in [-0.15, -0.1) is 0 Å². The Morgan fingerprint density at radius 2 is 1.04 bits per heavy atom. The summed E-state index contributed by atoms with van der Waals surface area (Å²) in [6, 6.07) is 6.98. The summed E-state index contributed by atoms with van der Waals surface area (Å²) in [5.74, 6) is 0. The summed E-state index contributed by atoms with van der Waals surface area (Å²) in [7, 11) is 0. The summed E-state index contributed by atoms with van der Waals surface area (Å²) in [6.07, 6.45) is -11.1. The molecule has 2 aromatic carbocycles.